The molecule has 0 fully saturated rings. The molecule has 0 aliphatic heterocycles. The molecular weight excluding hydrogens is 285 g/mol. The Morgan fingerprint density at radius 1 is 1.05 bits per heavy atom. The largest absolute Gasteiger partial charge is 0.495 e. The van der Waals surface area contributed by atoms with Gasteiger partial charge in [-0.25, -0.2) is 0 Å². The van der Waals surface area contributed by atoms with Crippen molar-refractivity contribution in [2.75, 3.05) is 12.8 Å². The molecular formula is C14H13Cl2NO2. The van der Waals surface area contributed by atoms with E-state index in [1.165, 1.54) is 0 Å². The molecule has 0 saturated carbocycles. The van der Waals surface area contributed by atoms with Gasteiger partial charge >= 0.3 is 0 Å². The first kappa shape index (κ1) is 13.8. The smallest absolute Gasteiger partial charge is 0.141 e. The van der Waals surface area contributed by atoms with Gasteiger partial charge in [-0.05, 0) is 29.8 Å². The van der Waals surface area contributed by atoms with Crippen LogP contribution in [0.15, 0.2) is 36.4 Å². The highest BCUT2D eigenvalue weighted by atomic mass is 35.5. The SMILES string of the molecule is COc1ccc(COc2ccc(Cl)c(Cl)c2)cc1N. The van der Waals surface area contributed by atoms with Gasteiger partial charge in [0.2, 0.25) is 0 Å². The minimum Gasteiger partial charge on any atom is -0.495 e. The fourth-order valence-corrected chi connectivity index (χ4v) is 1.89. The minimum absolute atomic E-state index is 0.395. The zero-order chi connectivity index (χ0) is 13.8. The van der Waals surface area contributed by atoms with Crippen molar-refractivity contribution < 1.29 is 9.47 Å². The van der Waals surface area contributed by atoms with Crippen LogP contribution in [-0.2, 0) is 6.61 Å². The van der Waals surface area contributed by atoms with Crippen molar-refractivity contribution >= 4 is 28.9 Å². The van der Waals surface area contributed by atoms with E-state index < -0.39 is 0 Å². The van der Waals surface area contributed by atoms with Gasteiger partial charge < -0.3 is 15.2 Å². The third kappa shape index (κ3) is 3.46. The number of rotatable bonds is 4. The molecule has 19 heavy (non-hydrogen) atoms. The Balaban J connectivity index is 2.05. The number of nitrogens with two attached hydrogens (primary N) is 1. The van der Waals surface area contributed by atoms with Crippen LogP contribution in [0.3, 0.4) is 0 Å². The van der Waals surface area contributed by atoms with E-state index in [-0.39, 0.29) is 0 Å². The van der Waals surface area contributed by atoms with Crippen molar-refractivity contribution in [1.82, 2.24) is 0 Å². The molecule has 0 amide bonds. The normalized spacial score (nSPS) is 10.3. The highest BCUT2D eigenvalue weighted by Crippen LogP contribution is 2.27. The Morgan fingerprint density at radius 3 is 2.47 bits per heavy atom. The van der Waals surface area contributed by atoms with Crippen LogP contribution in [0, 0.1) is 0 Å². The molecule has 2 aromatic rings. The Bertz CT molecular complexity index is 588. The summed E-state index contributed by atoms with van der Waals surface area (Å²) >= 11 is 11.7. The predicted octanol–water partition coefficient (Wildman–Crippen LogP) is 4.16. The van der Waals surface area contributed by atoms with Crippen LogP contribution in [-0.4, -0.2) is 7.11 Å². The van der Waals surface area contributed by atoms with Gasteiger partial charge in [-0.3, -0.25) is 0 Å². The van der Waals surface area contributed by atoms with Crippen molar-refractivity contribution in [1.29, 1.82) is 0 Å². The van der Waals surface area contributed by atoms with Crippen molar-refractivity contribution in [2.45, 2.75) is 6.61 Å². The van der Waals surface area contributed by atoms with Crippen LogP contribution >= 0.6 is 23.2 Å². The number of ether oxygens (including phenoxy) is 2. The fraction of sp³-hybridized carbons (Fsp3) is 0.143. The van der Waals surface area contributed by atoms with Crippen LogP contribution in [0.4, 0.5) is 5.69 Å². The first-order valence-corrected chi connectivity index (χ1v) is 6.36. The monoisotopic (exact) mass is 297 g/mol. The molecule has 2 rings (SSSR count). The summed E-state index contributed by atoms with van der Waals surface area (Å²) in [6.45, 7) is 0.395. The maximum atomic E-state index is 5.91. The Morgan fingerprint density at radius 2 is 1.84 bits per heavy atom. The van der Waals surface area contributed by atoms with Gasteiger partial charge in [0.25, 0.3) is 0 Å². The van der Waals surface area contributed by atoms with E-state index in [2.05, 4.69) is 0 Å². The predicted molar refractivity (Wildman–Crippen MR) is 78.2 cm³/mol. The molecule has 0 unspecified atom stereocenters. The van der Waals surface area contributed by atoms with E-state index in [1.54, 1.807) is 25.3 Å². The topological polar surface area (TPSA) is 44.5 Å². The summed E-state index contributed by atoms with van der Waals surface area (Å²) in [7, 11) is 1.58. The van der Waals surface area contributed by atoms with Crippen molar-refractivity contribution in [3.8, 4) is 11.5 Å². The van der Waals surface area contributed by atoms with Crippen LogP contribution in [0.1, 0.15) is 5.56 Å². The average molecular weight is 298 g/mol. The van der Waals surface area contributed by atoms with Crippen LogP contribution < -0.4 is 15.2 Å². The van der Waals surface area contributed by atoms with E-state index >= 15 is 0 Å². The molecule has 2 N–H and O–H groups in total. The van der Waals surface area contributed by atoms with E-state index in [9.17, 15) is 0 Å². The molecule has 0 aliphatic carbocycles. The third-order valence-corrected chi connectivity index (χ3v) is 3.33. The molecule has 0 atom stereocenters. The summed E-state index contributed by atoms with van der Waals surface area (Å²) in [4.78, 5) is 0. The number of methoxy groups -OCH3 is 1. The molecule has 5 heteroatoms. The first-order chi connectivity index (χ1) is 9.10. The van der Waals surface area contributed by atoms with E-state index in [1.807, 2.05) is 18.2 Å². The van der Waals surface area contributed by atoms with E-state index in [4.69, 9.17) is 38.4 Å². The number of nitrogen functional groups attached to an aromatic ring is 1. The van der Waals surface area contributed by atoms with Gasteiger partial charge in [0.05, 0.1) is 22.8 Å². The quantitative estimate of drug-likeness (QED) is 0.862. The molecule has 0 heterocycles. The highest BCUT2D eigenvalue weighted by Gasteiger charge is 2.03. The van der Waals surface area contributed by atoms with Gasteiger partial charge in [-0.1, -0.05) is 29.3 Å². The zero-order valence-electron chi connectivity index (χ0n) is 10.3. The Labute approximate surface area is 121 Å². The lowest BCUT2D eigenvalue weighted by Gasteiger charge is -2.09. The highest BCUT2D eigenvalue weighted by molar-refractivity contribution is 6.42. The number of hydrogen-bond donors (Lipinski definition) is 1. The molecule has 0 bridgehead atoms. The van der Waals surface area contributed by atoms with Crippen LogP contribution in [0.5, 0.6) is 11.5 Å². The first-order valence-electron chi connectivity index (χ1n) is 5.60. The maximum absolute atomic E-state index is 5.91. The summed E-state index contributed by atoms with van der Waals surface area (Å²) < 4.78 is 10.7. The lowest BCUT2D eigenvalue weighted by molar-refractivity contribution is 0.306. The van der Waals surface area contributed by atoms with Crippen LogP contribution in [0.2, 0.25) is 10.0 Å². The molecule has 100 valence electrons. The molecule has 2 aromatic carbocycles. The molecule has 0 aromatic heterocycles. The number of anilines is 1. The van der Waals surface area contributed by atoms with Gasteiger partial charge in [0.15, 0.2) is 0 Å². The van der Waals surface area contributed by atoms with Crippen molar-refractivity contribution in [3.05, 3.63) is 52.0 Å². The fourth-order valence-electron chi connectivity index (χ4n) is 1.61. The van der Waals surface area contributed by atoms with Crippen molar-refractivity contribution in [3.63, 3.8) is 0 Å². The second-order valence-corrected chi connectivity index (χ2v) is 4.76. The molecule has 0 aliphatic rings. The second-order valence-electron chi connectivity index (χ2n) is 3.94. The third-order valence-electron chi connectivity index (χ3n) is 2.59. The second kappa shape index (κ2) is 6.04. The average Bonchev–Trinajstić information content (AvgIpc) is 2.40. The van der Waals surface area contributed by atoms with Crippen LogP contribution in [0.25, 0.3) is 0 Å². The maximum Gasteiger partial charge on any atom is 0.141 e. The Hall–Kier alpha value is -1.58. The summed E-state index contributed by atoms with van der Waals surface area (Å²) in [5, 5.41) is 0.969. The minimum atomic E-state index is 0.395. The molecule has 3 nitrogen and oxygen atoms in total. The molecule has 0 saturated heterocycles. The lowest BCUT2D eigenvalue weighted by Crippen LogP contribution is -1.98. The number of hydrogen-bond acceptors (Lipinski definition) is 3. The van der Waals surface area contributed by atoms with Gasteiger partial charge in [0, 0.05) is 6.07 Å². The van der Waals surface area contributed by atoms with E-state index in [0.717, 1.165) is 5.56 Å². The van der Waals surface area contributed by atoms with E-state index in [0.29, 0.717) is 33.8 Å². The number of benzene rings is 2. The standard InChI is InChI=1S/C14H13Cl2NO2/c1-18-14-5-2-9(6-13(14)17)8-19-10-3-4-11(15)12(16)7-10/h2-7H,8,17H2,1H3. The van der Waals surface area contributed by atoms with Gasteiger partial charge in [-0.15, -0.1) is 0 Å². The van der Waals surface area contributed by atoms with Gasteiger partial charge in [-0.2, -0.15) is 0 Å². The molecule has 0 spiro atoms. The van der Waals surface area contributed by atoms with Gasteiger partial charge in [0.1, 0.15) is 18.1 Å². The molecule has 0 radical (unpaired) electrons. The zero-order valence-corrected chi connectivity index (χ0v) is 11.8. The lowest BCUT2D eigenvalue weighted by atomic mass is 10.2. The number of halogens is 2. The summed E-state index contributed by atoms with van der Waals surface area (Å²) in [6.07, 6.45) is 0. The van der Waals surface area contributed by atoms with Crippen molar-refractivity contribution in [2.24, 2.45) is 0 Å². The summed E-state index contributed by atoms with van der Waals surface area (Å²) in [5.74, 6) is 1.31. The summed E-state index contributed by atoms with van der Waals surface area (Å²) in [5.41, 5.74) is 7.36. The summed E-state index contributed by atoms with van der Waals surface area (Å²) in [6, 6.07) is 10.7. The Kier molecular flexibility index (Phi) is 4.40.